The summed E-state index contributed by atoms with van der Waals surface area (Å²) in [5.74, 6) is 0. The third kappa shape index (κ3) is 3.62. The summed E-state index contributed by atoms with van der Waals surface area (Å²) in [5.41, 5.74) is 1.76. The Balaban J connectivity index is 2.35. The first-order valence-electron chi connectivity index (χ1n) is 7.25. The Hall–Kier alpha value is 0.140. The van der Waals surface area contributed by atoms with E-state index in [0.717, 1.165) is 11.0 Å². The Morgan fingerprint density at radius 3 is 2.53 bits per heavy atom. The smallest absolute Gasteiger partial charge is 0.0386 e. The maximum absolute atomic E-state index is 3.73. The van der Waals surface area contributed by atoms with Gasteiger partial charge in [-0.1, -0.05) is 65.0 Å². The lowest BCUT2D eigenvalue weighted by Gasteiger charge is -2.42. The first kappa shape index (κ1) is 15.5. The van der Waals surface area contributed by atoms with Crippen molar-refractivity contribution in [2.24, 2.45) is 5.41 Å². The maximum atomic E-state index is 3.73. The van der Waals surface area contributed by atoms with Crippen molar-refractivity contribution in [3.05, 3.63) is 32.7 Å². The number of benzene rings is 1. The molecule has 0 amide bonds. The van der Waals surface area contributed by atoms with E-state index in [2.05, 4.69) is 69.2 Å². The fourth-order valence-corrected chi connectivity index (χ4v) is 4.17. The molecule has 1 aromatic rings. The van der Waals surface area contributed by atoms with Gasteiger partial charge in [-0.25, -0.2) is 0 Å². The first-order valence-corrected chi connectivity index (χ1v) is 8.84. The zero-order valence-corrected chi connectivity index (χ0v) is 15.0. The van der Waals surface area contributed by atoms with Crippen LogP contribution in [0.4, 0.5) is 0 Å². The van der Waals surface area contributed by atoms with E-state index in [4.69, 9.17) is 0 Å². The molecule has 106 valence electrons. The Bertz CT molecular complexity index is 425. The molecule has 2 rings (SSSR count). The first-order chi connectivity index (χ1) is 9.07. The van der Waals surface area contributed by atoms with E-state index in [-0.39, 0.29) is 0 Å². The van der Waals surface area contributed by atoms with Gasteiger partial charge in [-0.15, -0.1) is 0 Å². The molecule has 19 heavy (non-hydrogen) atoms. The van der Waals surface area contributed by atoms with Gasteiger partial charge < -0.3 is 5.32 Å². The van der Waals surface area contributed by atoms with E-state index in [1.807, 2.05) is 0 Å². The van der Waals surface area contributed by atoms with Crippen LogP contribution in [-0.4, -0.2) is 6.54 Å². The van der Waals surface area contributed by atoms with Crippen LogP contribution in [-0.2, 0) is 0 Å². The van der Waals surface area contributed by atoms with Crippen molar-refractivity contribution in [1.29, 1.82) is 0 Å². The molecule has 0 bridgehead atoms. The van der Waals surface area contributed by atoms with Gasteiger partial charge in [-0.3, -0.25) is 0 Å². The average Bonchev–Trinajstić information content (AvgIpc) is 2.40. The molecule has 3 heteroatoms. The standard InChI is InChI=1S/C16H23Br2N/c1-3-19-15(16(2)9-5-4-6-10-16)13-11-12(17)7-8-14(13)18/h7-8,11,15,19H,3-6,9-10H2,1-2H3. The summed E-state index contributed by atoms with van der Waals surface area (Å²) in [7, 11) is 0. The Morgan fingerprint density at radius 1 is 1.21 bits per heavy atom. The predicted molar refractivity (Wildman–Crippen MR) is 89.5 cm³/mol. The highest BCUT2D eigenvalue weighted by Crippen LogP contribution is 2.47. The quantitative estimate of drug-likeness (QED) is 0.683. The van der Waals surface area contributed by atoms with E-state index >= 15 is 0 Å². The Morgan fingerprint density at radius 2 is 1.89 bits per heavy atom. The number of hydrogen-bond donors (Lipinski definition) is 1. The van der Waals surface area contributed by atoms with Gasteiger partial charge in [0.1, 0.15) is 0 Å². The molecule has 0 saturated heterocycles. The summed E-state index contributed by atoms with van der Waals surface area (Å²) in [5, 5.41) is 3.73. The minimum absolute atomic E-state index is 0.373. The molecule has 1 N–H and O–H groups in total. The molecule has 1 fully saturated rings. The fourth-order valence-electron chi connectivity index (χ4n) is 3.32. The largest absolute Gasteiger partial charge is 0.310 e. The molecule has 0 spiro atoms. The molecule has 1 aliphatic carbocycles. The number of halogens is 2. The molecule has 1 saturated carbocycles. The van der Waals surface area contributed by atoms with Gasteiger partial charge in [0.15, 0.2) is 0 Å². The van der Waals surface area contributed by atoms with Gasteiger partial charge in [0.05, 0.1) is 0 Å². The van der Waals surface area contributed by atoms with Gasteiger partial charge in [0.25, 0.3) is 0 Å². The number of rotatable bonds is 4. The minimum Gasteiger partial charge on any atom is -0.310 e. The maximum Gasteiger partial charge on any atom is 0.0386 e. The molecular formula is C16H23Br2N. The SMILES string of the molecule is CCNC(c1cc(Br)ccc1Br)C1(C)CCCCC1. The van der Waals surface area contributed by atoms with E-state index in [0.29, 0.717) is 11.5 Å². The number of hydrogen-bond acceptors (Lipinski definition) is 1. The molecule has 1 unspecified atom stereocenters. The summed E-state index contributed by atoms with van der Waals surface area (Å²) >= 11 is 7.34. The van der Waals surface area contributed by atoms with Crippen LogP contribution in [0.2, 0.25) is 0 Å². The van der Waals surface area contributed by atoms with Crippen LogP contribution in [0.15, 0.2) is 27.1 Å². The summed E-state index contributed by atoms with van der Waals surface area (Å²) in [6.07, 6.45) is 6.77. The predicted octanol–water partition coefficient (Wildman–Crippen LogP) is 5.83. The van der Waals surface area contributed by atoms with Gasteiger partial charge >= 0.3 is 0 Å². The highest BCUT2D eigenvalue weighted by atomic mass is 79.9. The van der Waals surface area contributed by atoms with Gasteiger partial charge in [0.2, 0.25) is 0 Å². The van der Waals surface area contributed by atoms with E-state index < -0.39 is 0 Å². The van der Waals surface area contributed by atoms with Crippen LogP contribution in [0.25, 0.3) is 0 Å². The van der Waals surface area contributed by atoms with Crippen LogP contribution in [0, 0.1) is 5.41 Å². The fraction of sp³-hybridized carbons (Fsp3) is 0.625. The molecule has 1 atom stereocenters. The number of nitrogens with one attached hydrogen (secondary N) is 1. The monoisotopic (exact) mass is 387 g/mol. The average molecular weight is 389 g/mol. The Kier molecular flexibility index (Phi) is 5.50. The normalized spacial score (nSPS) is 20.2. The lowest BCUT2D eigenvalue weighted by Crippen LogP contribution is -2.38. The van der Waals surface area contributed by atoms with Crippen molar-refractivity contribution >= 4 is 31.9 Å². The summed E-state index contributed by atoms with van der Waals surface area (Å²) in [4.78, 5) is 0. The molecule has 0 radical (unpaired) electrons. The van der Waals surface area contributed by atoms with Gasteiger partial charge in [-0.2, -0.15) is 0 Å². The second-order valence-electron chi connectivity index (χ2n) is 5.87. The van der Waals surface area contributed by atoms with Gasteiger partial charge in [-0.05, 0) is 48.6 Å². The Labute approximate surface area is 133 Å². The molecule has 0 aliphatic heterocycles. The second-order valence-corrected chi connectivity index (χ2v) is 7.64. The third-order valence-electron chi connectivity index (χ3n) is 4.37. The van der Waals surface area contributed by atoms with Crippen LogP contribution in [0.5, 0.6) is 0 Å². The van der Waals surface area contributed by atoms with Crippen molar-refractivity contribution in [2.45, 2.75) is 52.0 Å². The molecule has 0 heterocycles. The second kappa shape index (κ2) is 6.73. The van der Waals surface area contributed by atoms with Gasteiger partial charge in [0, 0.05) is 15.0 Å². The van der Waals surface area contributed by atoms with Crippen molar-refractivity contribution in [3.63, 3.8) is 0 Å². The topological polar surface area (TPSA) is 12.0 Å². The van der Waals surface area contributed by atoms with Crippen LogP contribution in [0.3, 0.4) is 0 Å². The van der Waals surface area contributed by atoms with Crippen LogP contribution >= 0.6 is 31.9 Å². The van der Waals surface area contributed by atoms with Crippen LogP contribution in [0.1, 0.15) is 57.6 Å². The highest BCUT2D eigenvalue weighted by molar-refractivity contribution is 9.11. The van der Waals surface area contributed by atoms with Crippen molar-refractivity contribution in [1.82, 2.24) is 5.32 Å². The molecule has 1 aromatic carbocycles. The van der Waals surface area contributed by atoms with E-state index in [9.17, 15) is 0 Å². The zero-order valence-electron chi connectivity index (χ0n) is 11.8. The highest BCUT2D eigenvalue weighted by Gasteiger charge is 2.36. The molecule has 1 nitrogen and oxygen atoms in total. The zero-order chi connectivity index (χ0) is 13.9. The third-order valence-corrected chi connectivity index (χ3v) is 5.59. The summed E-state index contributed by atoms with van der Waals surface area (Å²) < 4.78 is 2.38. The summed E-state index contributed by atoms with van der Waals surface area (Å²) in [6.45, 7) is 5.66. The minimum atomic E-state index is 0.373. The van der Waals surface area contributed by atoms with E-state index in [1.54, 1.807) is 0 Å². The lowest BCUT2D eigenvalue weighted by atomic mass is 9.68. The van der Waals surface area contributed by atoms with Crippen molar-refractivity contribution in [3.8, 4) is 0 Å². The lowest BCUT2D eigenvalue weighted by molar-refractivity contribution is 0.145. The van der Waals surface area contributed by atoms with E-state index in [1.165, 1.54) is 42.1 Å². The molecule has 1 aliphatic rings. The van der Waals surface area contributed by atoms with Crippen molar-refractivity contribution < 1.29 is 0 Å². The van der Waals surface area contributed by atoms with Crippen molar-refractivity contribution in [2.75, 3.05) is 6.54 Å². The molecular weight excluding hydrogens is 366 g/mol. The molecule has 0 aromatic heterocycles. The van der Waals surface area contributed by atoms with Crippen LogP contribution < -0.4 is 5.32 Å². The summed E-state index contributed by atoms with van der Waals surface area (Å²) in [6, 6.07) is 6.94.